The van der Waals surface area contributed by atoms with Crippen LogP contribution in [-0.2, 0) is 11.3 Å². The fourth-order valence-electron chi connectivity index (χ4n) is 1.10. The maximum atomic E-state index is 12.0. The molecular formula is C9H13F2N3O. The molecule has 1 rings (SSSR count). The summed E-state index contributed by atoms with van der Waals surface area (Å²) in [5.74, 6) is 0.161. The number of aromatic nitrogens is 2. The first-order valence-corrected chi connectivity index (χ1v) is 4.73. The van der Waals surface area contributed by atoms with Crippen LogP contribution >= 0.6 is 0 Å². The minimum absolute atomic E-state index is 0.153. The summed E-state index contributed by atoms with van der Waals surface area (Å²) >= 11 is 0. The first kappa shape index (κ1) is 11.6. The average Bonchev–Trinajstić information content (AvgIpc) is 2.51. The average molecular weight is 217 g/mol. The molecule has 6 heteroatoms. The van der Waals surface area contributed by atoms with Crippen LogP contribution in [0.2, 0.25) is 0 Å². The Kier molecular flexibility index (Phi) is 4.20. The van der Waals surface area contributed by atoms with Crippen molar-refractivity contribution in [3.63, 3.8) is 0 Å². The van der Waals surface area contributed by atoms with E-state index < -0.39 is 13.0 Å². The van der Waals surface area contributed by atoms with Crippen molar-refractivity contribution in [2.45, 2.75) is 32.7 Å². The molecular weight excluding hydrogens is 204 g/mol. The van der Waals surface area contributed by atoms with Gasteiger partial charge in [0.05, 0.1) is 0 Å². The number of nitrogens with one attached hydrogen (secondary N) is 1. The van der Waals surface area contributed by atoms with Gasteiger partial charge in [0.1, 0.15) is 6.54 Å². The predicted octanol–water partition coefficient (Wildman–Crippen LogP) is 1.89. The molecule has 1 amide bonds. The molecule has 1 aromatic heterocycles. The van der Waals surface area contributed by atoms with Gasteiger partial charge in [-0.1, -0.05) is 6.92 Å². The Morgan fingerprint density at radius 1 is 1.67 bits per heavy atom. The number of nitrogens with zero attached hydrogens (tertiary/aromatic N) is 2. The van der Waals surface area contributed by atoms with E-state index in [0.29, 0.717) is 12.2 Å². The maximum Gasteiger partial charge on any atom is 0.257 e. The van der Waals surface area contributed by atoms with Gasteiger partial charge in [0.15, 0.2) is 5.82 Å². The molecule has 15 heavy (non-hydrogen) atoms. The molecule has 0 atom stereocenters. The molecule has 1 N–H and O–H groups in total. The lowest BCUT2D eigenvalue weighted by Gasteiger charge is -2.00. The van der Waals surface area contributed by atoms with Gasteiger partial charge in [-0.15, -0.1) is 0 Å². The Bertz CT molecular complexity index is 325. The predicted molar refractivity (Wildman–Crippen MR) is 51.8 cm³/mol. The molecule has 1 aromatic rings. The highest BCUT2D eigenvalue weighted by Gasteiger charge is 2.07. The third-order valence-electron chi connectivity index (χ3n) is 1.71. The van der Waals surface area contributed by atoms with Crippen molar-refractivity contribution in [1.29, 1.82) is 0 Å². The van der Waals surface area contributed by atoms with Crippen LogP contribution in [0.3, 0.4) is 0 Å². The molecule has 0 spiro atoms. The van der Waals surface area contributed by atoms with Gasteiger partial charge in [-0.3, -0.25) is 9.48 Å². The Hall–Kier alpha value is -1.46. The van der Waals surface area contributed by atoms with Crippen LogP contribution in [-0.4, -0.2) is 22.1 Å². The summed E-state index contributed by atoms with van der Waals surface area (Å²) in [4.78, 5) is 11.1. The summed E-state index contributed by atoms with van der Waals surface area (Å²) in [6, 6.07) is 1.50. The monoisotopic (exact) mass is 217 g/mol. The number of rotatable bonds is 5. The zero-order valence-electron chi connectivity index (χ0n) is 8.41. The topological polar surface area (TPSA) is 46.9 Å². The first-order chi connectivity index (χ1) is 7.11. The zero-order chi connectivity index (χ0) is 11.3. The number of hydrogen-bond donors (Lipinski definition) is 1. The van der Waals surface area contributed by atoms with E-state index in [2.05, 4.69) is 10.4 Å². The van der Waals surface area contributed by atoms with Crippen molar-refractivity contribution in [2.24, 2.45) is 0 Å². The van der Waals surface area contributed by atoms with Crippen molar-refractivity contribution < 1.29 is 13.6 Å². The summed E-state index contributed by atoms with van der Waals surface area (Å²) in [5, 5.41) is 6.30. The second-order valence-electron chi connectivity index (χ2n) is 3.11. The number of amides is 1. The highest BCUT2D eigenvalue weighted by Crippen LogP contribution is 2.05. The number of alkyl halides is 2. The van der Waals surface area contributed by atoms with E-state index in [9.17, 15) is 13.6 Å². The van der Waals surface area contributed by atoms with Crippen LogP contribution in [0.25, 0.3) is 0 Å². The fourth-order valence-corrected chi connectivity index (χ4v) is 1.10. The molecule has 1 heterocycles. The normalized spacial score (nSPS) is 10.7. The molecule has 0 aliphatic heterocycles. The van der Waals surface area contributed by atoms with E-state index in [4.69, 9.17) is 0 Å². The van der Waals surface area contributed by atoms with Crippen molar-refractivity contribution in [3.05, 3.63) is 12.3 Å². The lowest BCUT2D eigenvalue weighted by Crippen LogP contribution is -2.12. The van der Waals surface area contributed by atoms with Crippen molar-refractivity contribution in [1.82, 2.24) is 9.78 Å². The van der Waals surface area contributed by atoms with Gasteiger partial charge in [0, 0.05) is 18.7 Å². The molecule has 0 unspecified atom stereocenters. The van der Waals surface area contributed by atoms with Crippen LogP contribution in [0, 0.1) is 0 Å². The van der Waals surface area contributed by atoms with E-state index in [1.165, 1.54) is 12.3 Å². The van der Waals surface area contributed by atoms with Crippen molar-refractivity contribution in [3.8, 4) is 0 Å². The SMILES string of the molecule is CCCC(=O)Nc1ccn(CC(F)F)n1. The van der Waals surface area contributed by atoms with Gasteiger partial charge in [-0.25, -0.2) is 8.78 Å². The number of carbonyl (C=O) groups is 1. The third-order valence-corrected chi connectivity index (χ3v) is 1.71. The molecule has 0 bridgehead atoms. The Morgan fingerprint density at radius 3 is 3.00 bits per heavy atom. The van der Waals surface area contributed by atoms with Gasteiger partial charge < -0.3 is 5.32 Å². The zero-order valence-corrected chi connectivity index (χ0v) is 8.41. The van der Waals surface area contributed by atoms with E-state index in [-0.39, 0.29) is 5.91 Å². The van der Waals surface area contributed by atoms with Gasteiger partial charge in [0.25, 0.3) is 6.43 Å². The van der Waals surface area contributed by atoms with Crippen LogP contribution in [0.5, 0.6) is 0 Å². The lowest BCUT2D eigenvalue weighted by atomic mass is 10.3. The Labute approximate surface area is 86.3 Å². The highest BCUT2D eigenvalue weighted by molar-refractivity contribution is 5.89. The molecule has 0 aromatic carbocycles. The molecule has 0 aliphatic carbocycles. The minimum Gasteiger partial charge on any atom is -0.309 e. The summed E-state index contributed by atoms with van der Waals surface area (Å²) in [5.41, 5.74) is 0. The smallest absolute Gasteiger partial charge is 0.257 e. The van der Waals surface area contributed by atoms with E-state index >= 15 is 0 Å². The van der Waals surface area contributed by atoms with Crippen LogP contribution in [0.4, 0.5) is 14.6 Å². The Morgan fingerprint density at radius 2 is 2.40 bits per heavy atom. The quantitative estimate of drug-likeness (QED) is 0.818. The summed E-state index contributed by atoms with van der Waals surface area (Å²) in [7, 11) is 0. The second-order valence-corrected chi connectivity index (χ2v) is 3.11. The summed E-state index contributed by atoms with van der Waals surface area (Å²) in [6.45, 7) is 1.43. The van der Waals surface area contributed by atoms with Gasteiger partial charge in [0.2, 0.25) is 5.91 Å². The summed E-state index contributed by atoms with van der Waals surface area (Å²) in [6.07, 6.45) is 0.114. The summed E-state index contributed by atoms with van der Waals surface area (Å²) < 4.78 is 25.0. The fraction of sp³-hybridized carbons (Fsp3) is 0.556. The molecule has 0 fully saturated rings. The third kappa shape index (κ3) is 4.05. The molecule has 0 saturated heterocycles. The lowest BCUT2D eigenvalue weighted by molar-refractivity contribution is -0.116. The van der Waals surface area contributed by atoms with E-state index in [0.717, 1.165) is 11.1 Å². The molecule has 0 radical (unpaired) electrons. The highest BCUT2D eigenvalue weighted by atomic mass is 19.3. The van der Waals surface area contributed by atoms with Crippen molar-refractivity contribution in [2.75, 3.05) is 5.32 Å². The molecule has 0 saturated carbocycles. The number of carbonyl (C=O) groups excluding carboxylic acids is 1. The molecule has 84 valence electrons. The van der Waals surface area contributed by atoms with Crippen LogP contribution < -0.4 is 5.32 Å². The standard InChI is InChI=1S/C9H13F2N3O/c1-2-3-9(15)12-8-4-5-14(13-8)6-7(10)11/h4-5,7H,2-3,6H2,1H3,(H,12,13,15). The molecule has 0 aliphatic rings. The largest absolute Gasteiger partial charge is 0.309 e. The van der Waals surface area contributed by atoms with Crippen molar-refractivity contribution >= 4 is 11.7 Å². The van der Waals surface area contributed by atoms with Gasteiger partial charge in [-0.05, 0) is 6.42 Å². The Balaban J connectivity index is 2.49. The number of hydrogen-bond acceptors (Lipinski definition) is 2. The second kappa shape index (κ2) is 5.43. The first-order valence-electron chi connectivity index (χ1n) is 4.73. The minimum atomic E-state index is -2.44. The van der Waals surface area contributed by atoms with E-state index in [1.54, 1.807) is 0 Å². The van der Waals surface area contributed by atoms with Crippen LogP contribution in [0.15, 0.2) is 12.3 Å². The van der Waals surface area contributed by atoms with Gasteiger partial charge in [-0.2, -0.15) is 5.10 Å². The van der Waals surface area contributed by atoms with Crippen LogP contribution in [0.1, 0.15) is 19.8 Å². The number of anilines is 1. The van der Waals surface area contributed by atoms with E-state index in [1.807, 2.05) is 6.92 Å². The van der Waals surface area contributed by atoms with Gasteiger partial charge >= 0.3 is 0 Å². The molecule has 4 nitrogen and oxygen atoms in total. The maximum absolute atomic E-state index is 12.0. The number of halogens is 2.